The van der Waals surface area contributed by atoms with Crippen LogP contribution in [0, 0.1) is 5.82 Å². The van der Waals surface area contributed by atoms with Gasteiger partial charge in [-0.2, -0.15) is 13.2 Å². The summed E-state index contributed by atoms with van der Waals surface area (Å²) < 4.78 is 54.9. The number of hydrogen-bond donors (Lipinski definition) is 2. The number of halogens is 4. The molecular formula is C22H22F4N4O. The zero-order chi connectivity index (χ0) is 22.2. The number of likely N-dealkylation sites (N-methyl/N-ethyl adjacent to an activating group) is 1. The zero-order valence-electron chi connectivity index (χ0n) is 16.9. The molecule has 31 heavy (non-hydrogen) atoms. The van der Waals surface area contributed by atoms with Crippen molar-refractivity contribution in [2.45, 2.75) is 13.1 Å². The summed E-state index contributed by atoms with van der Waals surface area (Å²) in [5.41, 5.74) is 0.572. The van der Waals surface area contributed by atoms with Gasteiger partial charge in [-0.3, -0.25) is 4.79 Å². The molecule has 0 atom stereocenters. The Morgan fingerprint density at radius 2 is 1.84 bits per heavy atom. The minimum Gasteiger partial charge on any atom is -0.368 e. The molecule has 0 spiro atoms. The molecule has 1 fully saturated rings. The molecule has 1 amide bonds. The van der Waals surface area contributed by atoms with Crippen molar-refractivity contribution in [3.8, 4) is 0 Å². The van der Waals surface area contributed by atoms with Crippen LogP contribution in [0.3, 0.4) is 0 Å². The van der Waals surface area contributed by atoms with Gasteiger partial charge in [0.2, 0.25) is 0 Å². The summed E-state index contributed by atoms with van der Waals surface area (Å²) in [6, 6.07) is 7.92. The lowest BCUT2D eigenvalue weighted by atomic mass is 10.1. The molecule has 2 heterocycles. The maximum Gasteiger partial charge on any atom is 0.418 e. The number of rotatable bonds is 4. The topological polar surface area (TPSA) is 47.6 Å². The number of carbonyl (C=O) groups is 1. The number of nitrogens with zero attached hydrogens (tertiary/aromatic N) is 2. The molecule has 1 saturated heterocycles. The van der Waals surface area contributed by atoms with E-state index >= 15 is 0 Å². The monoisotopic (exact) mass is 434 g/mol. The molecule has 2 aliphatic heterocycles. The van der Waals surface area contributed by atoms with E-state index < -0.39 is 23.5 Å². The number of fused-ring (bicyclic) bond motifs is 1. The van der Waals surface area contributed by atoms with Gasteiger partial charge >= 0.3 is 6.18 Å². The van der Waals surface area contributed by atoms with E-state index in [2.05, 4.69) is 15.5 Å². The van der Waals surface area contributed by atoms with Gasteiger partial charge in [-0.1, -0.05) is 6.92 Å². The highest BCUT2D eigenvalue weighted by atomic mass is 19.4. The summed E-state index contributed by atoms with van der Waals surface area (Å²) in [4.78, 5) is 16.1. The second kappa shape index (κ2) is 8.22. The quantitative estimate of drug-likeness (QED) is 0.554. The average molecular weight is 434 g/mol. The maximum atomic E-state index is 13.8. The van der Waals surface area contributed by atoms with Gasteiger partial charge in [0.05, 0.1) is 11.1 Å². The molecular weight excluding hydrogens is 412 g/mol. The third kappa shape index (κ3) is 4.36. The van der Waals surface area contributed by atoms with Crippen molar-refractivity contribution in [2.24, 2.45) is 0 Å². The number of nitrogens with one attached hydrogen (secondary N) is 2. The molecule has 164 valence electrons. The van der Waals surface area contributed by atoms with E-state index in [1.54, 1.807) is 11.0 Å². The van der Waals surface area contributed by atoms with Crippen LogP contribution in [0.5, 0.6) is 0 Å². The third-order valence-electron chi connectivity index (χ3n) is 5.61. The predicted molar refractivity (Wildman–Crippen MR) is 112 cm³/mol. The summed E-state index contributed by atoms with van der Waals surface area (Å²) in [5.74, 6) is -0.956. The Kier molecular flexibility index (Phi) is 5.62. The Hall–Kier alpha value is -3.07. The van der Waals surface area contributed by atoms with E-state index in [-0.39, 0.29) is 16.9 Å². The lowest BCUT2D eigenvalue weighted by Crippen LogP contribution is -2.46. The van der Waals surface area contributed by atoms with Gasteiger partial charge in [0.15, 0.2) is 0 Å². The lowest BCUT2D eigenvalue weighted by molar-refractivity contribution is -0.137. The number of piperazine rings is 1. The van der Waals surface area contributed by atoms with Gasteiger partial charge in [0.25, 0.3) is 5.91 Å². The fourth-order valence-electron chi connectivity index (χ4n) is 3.89. The molecule has 0 saturated carbocycles. The standard InChI is InChI=1S/C22H22F4N4O/c1-2-29-7-9-30(10-8-29)20-6-4-15(12-18(20)22(24,25)26)27-13-17-16-11-14(23)3-5-19(16)28-21(17)31/h3-6,11-13,27H,2,7-10H2,1H3,(H,28,31). The Morgan fingerprint density at radius 1 is 1.10 bits per heavy atom. The molecule has 2 N–H and O–H groups in total. The largest absolute Gasteiger partial charge is 0.418 e. The van der Waals surface area contributed by atoms with Crippen LogP contribution in [0.2, 0.25) is 0 Å². The summed E-state index contributed by atoms with van der Waals surface area (Å²) in [6.45, 7) is 5.38. The first-order valence-electron chi connectivity index (χ1n) is 10.0. The van der Waals surface area contributed by atoms with Crippen LogP contribution < -0.4 is 15.5 Å². The summed E-state index contributed by atoms with van der Waals surface area (Å²) in [5, 5.41) is 5.37. The maximum absolute atomic E-state index is 13.8. The fourth-order valence-corrected chi connectivity index (χ4v) is 3.89. The smallest absolute Gasteiger partial charge is 0.368 e. The van der Waals surface area contributed by atoms with Crippen LogP contribution in [-0.4, -0.2) is 43.5 Å². The summed E-state index contributed by atoms with van der Waals surface area (Å²) >= 11 is 0. The van der Waals surface area contributed by atoms with Crippen molar-refractivity contribution in [3.05, 3.63) is 59.5 Å². The third-order valence-corrected chi connectivity index (χ3v) is 5.61. The molecule has 2 aromatic rings. The predicted octanol–water partition coefficient (Wildman–Crippen LogP) is 4.39. The first kappa shape index (κ1) is 21.2. The van der Waals surface area contributed by atoms with E-state index in [1.807, 2.05) is 6.92 Å². The summed E-state index contributed by atoms with van der Waals surface area (Å²) in [6.07, 6.45) is -3.22. The second-order valence-electron chi connectivity index (χ2n) is 7.50. The number of alkyl halides is 3. The van der Waals surface area contributed by atoms with Gasteiger partial charge in [-0.15, -0.1) is 0 Å². The molecule has 0 aliphatic carbocycles. The molecule has 5 nitrogen and oxygen atoms in total. The Labute approximate surface area is 177 Å². The molecule has 2 aromatic carbocycles. The van der Waals surface area contributed by atoms with Crippen molar-refractivity contribution in [1.29, 1.82) is 0 Å². The molecule has 0 unspecified atom stereocenters. The van der Waals surface area contributed by atoms with Crippen molar-refractivity contribution < 1.29 is 22.4 Å². The van der Waals surface area contributed by atoms with Gasteiger partial charge in [0, 0.05) is 55.0 Å². The van der Waals surface area contributed by atoms with E-state index in [0.717, 1.165) is 12.6 Å². The van der Waals surface area contributed by atoms with Crippen molar-refractivity contribution in [2.75, 3.05) is 48.3 Å². The fraction of sp³-hybridized carbons (Fsp3) is 0.318. The minimum absolute atomic E-state index is 0.146. The van der Waals surface area contributed by atoms with Crippen LogP contribution >= 0.6 is 0 Å². The van der Waals surface area contributed by atoms with Crippen LogP contribution in [0.1, 0.15) is 18.1 Å². The van der Waals surface area contributed by atoms with E-state index in [4.69, 9.17) is 0 Å². The minimum atomic E-state index is -4.53. The van der Waals surface area contributed by atoms with E-state index in [9.17, 15) is 22.4 Å². The summed E-state index contributed by atoms with van der Waals surface area (Å²) in [7, 11) is 0. The van der Waals surface area contributed by atoms with Crippen LogP contribution in [-0.2, 0) is 11.0 Å². The number of anilines is 3. The Balaban J connectivity index is 1.60. The van der Waals surface area contributed by atoms with Gasteiger partial charge in [-0.25, -0.2) is 4.39 Å². The number of carbonyl (C=O) groups excluding carboxylic acids is 1. The van der Waals surface area contributed by atoms with Crippen molar-refractivity contribution >= 4 is 28.5 Å². The van der Waals surface area contributed by atoms with Crippen LogP contribution in [0.25, 0.3) is 5.57 Å². The number of hydrogen-bond acceptors (Lipinski definition) is 4. The molecule has 0 bridgehead atoms. The van der Waals surface area contributed by atoms with E-state index in [0.29, 0.717) is 37.4 Å². The van der Waals surface area contributed by atoms with Gasteiger partial charge in [-0.05, 0) is 42.9 Å². The molecule has 9 heteroatoms. The Morgan fingerprint density at radius 3 is 2.52 bits per heavy atom. The van der Waals surface area contributed by atoms with Crippen LogP contribution in [0.4, 0.5) is 34.6 Å². The number of amides is 1. The van der Waals surface area contributed by atoms with Gasteiger partial charge < -0.3 is 20.4 Å². The van der Waals surface area contributed by atoms with Crippen molar-refractivity contribution in [1.82, 2.24) is 4.90 Å². The average Bonchev–Trinajstić information content (AvgIpc) is 3.06. The van der Waals surface area contributed by atoms with Crippen LogP contribution in [0.15, 0.2) is 42.6 Å². The molecule has 4 rings (SSSR count). The molecule has 0 radical (unpaired) electrons. The highest BCUT2D eigenvalue weighted by molar-refractivity contribution is 6.31. The first-order valence-corrected chi connectivity index (χ1v) is 10.0. The second-order valence-corrected chi connectivity index (χ2v) is 7.50. The number of benzene rings is 2. The highest BCUT2D eigenvalue weighted by Crippen LogP contribution is 2.39. The molecule has 2 aliphatic rings. The first-order chi connectivity index (χ1) is 14.8. The van der Waals surface area contributed by atoms with Gasteiger partial charge in [0.1, 0.15) is 5.82 Å². The zero-order valence-corrected chi connectivity index (χ0v) is 16.9. The van der Waals surface area contributed by atoms with Crippen molar-refractivity contribution in [3.63, 3.8) is 0 Å². The molecule has 0 aromatic heterocycles. The lowest BCUT2D eigenvalue weighted by Gasteiger charge is -2.36. The highest BCUT2D eigenvalue weighted by Gasteiger charge is 2.36. The SMILES string of the molecule is CCN1CCN(c2ccc(NC=C3C(=O)Nc4ccc(F)cc43)cc2C(F)(F)F)CC1. The van der Waals surface area contributed by atoms with E-state index in [1.165, 1.54) is 30.5 Å². The Bertz CT molecular complexity index is 1030. The normalized spacial score (nSPS) is 18.3.